The molecule has 2 N–H and O–H groups in total. The van der Waals surface area contributed by atoms with Gasteiger partial charge in [-0.15, -0.1) is 0 Å². The summed E-state index contributed by atoms with van der Waals surface area (Å²) in [6.07, 6.45) is 6.64. The van der Waals surface area contributed by atoms with Gasteiger partial charge < -0.3 is 29.3 Å². The van der Waals surface area contributed by atoms with E-state index in [0.29, 0.717) is 52.9 Å². The highest BCUT2D eigenvalue weighted by atomic mass is 35.5. The van der Waals surface area contributed by atoms with Gasteiger partial charge in [0.05, 0.1) is 36.0 Å². The van der Waals surface area contributed by atoms with Crippen molar-refractivity contribution in [2.45, 2.75) is 26.7 Å². The molecule has 0 radical (unpaired) electrons. The summed E-state index contributed by atoms with van der Waals surface area (Å²) in [5.74, 6) is 0.832. The normalized spacial score (nSPS) is 13.5. The molecular formula is C28H34ClFN5O5P. The zero-order valence-electron chi connectivity index (χ0n) is 23.2. The number of ether oxygens (including phenoxy) is 1. The molecule has 0 unspecified atom stereocenters. The van der Waals surface area contributed by atoms with Crippen LogP contribution < -0.4 is 15.4 Å². The number of fused-ring (bicyclic) bond motifs is 1. The molecule has 1 aliphatic carbocycles. The molecule has 10 nitrogen and oxygen atoms in total. The van der Waals surface area contributed by atoms with Crippen LogP contribution >= 0.6 is 19.2 Å². The van der Waals surface area contributed by atoms with Crippen LogP contribution in [0.1, 0.15) is 26.7 Å². The van der Waals surface area contributed by atoms with Crippen molar-refractivity contribution in [1.82, 2.24) is 14.9 Å². The molecule has 1 aromatic heterocycles. The quantitative estimate of drug-likeness (QED) is 0.146. The number of carbonyl (C=O) groups is 1. The number of halogens is 2. The number of hydrogen-bond acceptors (Lipinski definition) is 9. The summed E-state index contributed by atoms with van der Waals surface area (Å²) >= 11 is 5.95. The third kappa shape index (κ3) is 8.63. The van der Waals surface area contributed by atoms with Gasteiger partial charge in [-0.25, -0.2) is 14.4 Å². The Bertz CT molecular complexity index is 1440. The third-order valence-electron chi connectivity index (χ3n) is 6.17. The highest BCUT2D eigenvalue weighted by Gasteiger charge is 2.27. The van der Waals surface area contributed by atoms with Gasteiger partial charge in [0.2, 0.25) is 5.91 Å². The minimum Gasteiger partial charge on any atom is -0.491 e. The van der Waals surface area contributed by atoms with Crippen LogP contribution in [-0.4, -0.2) is 60.5 Å². The van der Waals surface area contributed by atoms with Crippen LogP contribution in [-0.2, 0) is 18.4 Å². The van der Waals surface area contributed by atoms with Crippen LogP contribution in [0.2, 0.25) is 5.02 Å². The van der Waals surface area contributed by atoms with Crippen molar-refractivity contribution in [3.63, 3.8) is 0 Å². The second kappa shape index (κ2) is 14.1. The molecule has 0 atom stereocenters. The van der Waals surface area contributed by atoms with Crippen molar-refractivity contribution in [1.29, 1.82) is 0 Å². The largest absolute Gasteiger partial charge is 0.491 e. The fourth-order valence-corrected chi connectivity index (χ4v) is 5.81. The van der Waals surface area contributed by atoms with Crippen molar-refractivity contribution in [2.75, 3.05) is 50.3 Å². The maximum atomic E-state index is 13.6. The van der Waals surface area contributed by atoms with E-state index in [9.17, 15) is 13.8 Å². The van der Waals surface area contributed by atoms with E-state index in [2.05, 4.69) is 20.6 Å². The first-order chi connectivity index (χ1) is 19.7. The number of nitrogens with zero attached hydrogens (tertiary/aromatic N) is 3. The second-order valence-electron chi connectivity index (χ2n) is 9.50. The highest BCUT2D eigenvalue weighted by molar-refractivity contribution is 7.53. The lowest BCUT2D eigenvalue weighted by Crippen LogP contribution is -2.27. The van der Waals surface area contributed by atoms with Crippen molar-refractivity contribution in [3.05, 3.63) is 59.7 Å². The number of anilines is 3. The Morgan fingerprint density at radius 3 is 2.63 bits per heavy atom. The van der Waals surface area contributed by atoms with Gasteiger partial charge in [0.1, 0.15) is 30.0 Å². The van der Waals surface area contributed by atoms with E-state index >= 15 is 0 Å². The summed E-state index contributed by atoms with van der Waals surface area (Å²) in [4.78, 5) is 22.7. The van der Waals surface area contributed by atoms with Crippen LogP contribution in [0.15, 0.2) is 48.8 Å². The van der Waals surface area contributed by atoms with E-state index in [1.807, 2.05) is 12.1 Å². The zero-order valence-corrected chi connectivity index (χ0v) is 24.9. The molecule has 1 heterocycles. The molecule has 1 amide bonds. The molecule has 2 aromatic carbocycles. The Morgan fingerprint density at radius 2 is 1.95 bits per heavy atom. The molecule has 1 aliphatic rings. The number of likely N-dealkylation sites (N-methyl/N-ethyl adjacent to an activating group) is 1. The standard InChI is InChI=1S/C28H34ClFN5O5P/c1-4-39-41(37,40-5-2)18-35(3)27(36)7-6-12-31-25-14-21-24(15-26(25)38-16-19-8-9-19)32-17-33-28(21)34-20-10-11-23(30)22(29)13-20/h6-7,10-11,13-15,17,19,31H,4-5,8-9,12,16,18H2,1-3H3,(H,32,33,34). The van der Waals surface area contributed by atoms with Crippen molar-refractivity contribution >= 4 is 53.2 Å². The zero-order chi connectivity index (χ0) is 29.4. The van der Waals surface area contributed by atoms with Crippen LogP contribution in [0.4, 0.5) is 21.6 Å². The monoisotopic (exact) mass is 605 g/mol. The first-order valence-electron chi connectivity index (χ1n) is 13.4. The molecule has 0 saturated heterocycles. The first kappa shape index (κ1) is 30.7. The number of benzene rings is 2. The molecule has 1 saturated carbocycles. The van der Waals surface area contributed by atoms with Gasteiger partial charge in [0, 0.05) is 36.8 Å². The van der Waals surface area contributed by atoms with Gasteiger partial charge in [0.15, 0.2) is 0 Å². The molecule has 13 heteroatoms. The van der Waals surface area contributed by atoms with E-state index in [-0.39, 0.29) is 30.4 Å². The fourth-order valence-electron chi connectivity index (χ4n) is 3.94. The minimum absolute atomic E-state index is 0.00273. The molecule has 220 valence electrons. The molecule has 0 aliphatic heterocycles. The molecule has 1 fully saturated rings. The predicted molar refractivity (Wildman–Crippen MR) is 159 cm³/mol. The fraction of sp³-hybridized carbons (Fsp3) is 0.393. The maximum Gasteiger partial charge on any atom is 0.349 e. The first-order valence-corrected chi connectivity index (χ1v) is 15.5. The summed E-state index contributed by atoms with van der Waals surface area (Å²) in [5, 5.41) is 7.18. The Labute approximate surface area is 243 Å². The van der Waals surface area contributed by atoms with Gasteiger partial charge in [-0.05, 0) is 56.9 Å². The Hall–Kier alpha value is -3.24. The molecule has 0 bridgehead atoms. The Balaban J connectivity index is 1.50. The number of aromatic nitrogens is 2. The minimum atomic E-state index is -3.40. The maximum absolute atomic E-state index is 13.6. The van der Waals surface area contributed by atoms with E-state index in [4.69, 9.17) is 25.4 Å². The molecule has 41 heavy (non-hydrogen) atoms. The van der Waals surface area contributed by atoms with Gasteiger partial charge in [-0.1, -0.05) is 17.7 Å². The van der Waals surface area contributed by atoms with Crippen molar-refractivity contribution in [3.8, 4) is 5.75 Å². The third-order valence-corrected chi connectivity index (χ3v) is 8.54. The summed E-state index contributed by atoms with van der Waals surface area (Å²) in [7, 11) is -1.85. The van der Waals surface area contributed by atoms with E-state index in [0.717, 1.165) is 12.8 Å². The lowest BCUT2D eigenvalue weighted by Gasteiger charge is -2.22. The van der Waals surface area contributed by atoms with Crippen molar-refractivity contribution < 1.29 is 27.5 Å². The number of rotatable bonds is 15. The van der Waals surface area contributed by atoms with Crippen LogP contribution in [0.25, 0.3) is 10.9 Å². The number of nitrogens with one attached hydrogen (secondary N) is 2. The van der Waals surface area contributed by atoms with Crippen molar-refractivity contribution in [2.24, 2.45) is 5.92 Å². The summed E-state index contributed by atoms with van der Waals surface area (Å²) in [6, 6.07) is 8.04. The molecule has 3 aromatic rings. The lowest BCUT2D eigenvalue weighted by atomic mass is 10.1. The van der Waals surface area contributed by atoms with Gasteiger partial charge in [-0.2, -0.15) is 0 Å². The topological polar surface area (TPSA) is 115 Å². The molecule has 0 spiro atoms. The lowest BCUT2D eigenvalue weighted by molar-refractivity contribution is -0.124. The number of carbonyl (C=O) groups excluding carboxylic acids is 1. The van der Waals surface area contributed by atoms with Crippen LogP contribution in [0.3, 0.4) is 0 Å². The van der Waals surface area contributed by atoms with E-state index < -0.39 is 13.4 Å². The highest BCUT2D eigenvalue weighted by Crippen LogP contribution is 2.48. The van der Waals surface area contributed by atoms with E-state index in [1.54, 1.807) is 33.0 Å². The van der Waals surface area contributed by atoms with E-state index in [1.165, 1.54) is 29.4 Å². The Morgan fingerprint density at radius 1 is 1.20 bits per heavy atom. The smallest absolute Gasteiger partial charge is 0.349 e. The Kier molecular flexibility index (Phi) is 10.6. The van der Waals surface area contributed by atoms with Crippen LogP contribution in [0, 0.1) is 11.7 Å². The predicted octanol–water partition coefficient (Wildman–Crippen LogP) is 6.60. The average Bonchev–Trinajstić information content (AvgIpc) is 3.77. The second-order valence-corrected chi connectivity index (χ2v) is 11.9. The van der Waals surface area contributed by atoms with Gasteiger partial charge >= 0.3 is 7.60 Å². The summed E-state index contributed by atoms with van der Waals surface area (Å²) < 4.78 is 43.0. The van der Waals surface area contributed by atoms with Gasteiger partial charge in [-0.3, -0.25) is 9.36 Å². The number of hydrogen-bond donors (Lipinski definition) is 2. The SMILES string of the molecule is CCOP(=O)(CN(C)C(=O)C=CCNc1cc2c(Nc3ccc(F)c(Cl)c3)ncnc2cc1OCC1CC1)OCC. The summed E-state index contributed by atoms with van der Waals surface area (Å²) in [5.41, 5.74) is 1.92. The van der Waals surface area contributed by atoms with Gasteiger partial charge in [0.25, 0.3) is 0 Å². The molecular weight excluding hydrogens is 572 g/mol. The molecule has 4 rings (SSSR count). The number of amides is 1. The van der Waals surface area contributed by atoms with Crippen LogP contribution in [0.5, 0.6) is 5.75 Å². The average molecular weight is 606 g/mol. The summed E-state index contributed by atoms with van der Waals surface area (Å²) in [6.45, 7) is 4.79.